The van der Waals surface area contributed by atoms with Gasteiger partial charge in [0, 0.05) is 81.2 Å². The normalized spacial score (nSPS) is 29.1. The van der Waals surface area contributed by atoms with Crippen molar-refractivity contribution in [2.75, 3.05) is 49.5 Å². The molecule has 2 aromatic heterocycles. The van der Waals surface area contributed by atoms with Gasteiger partial charge >= 0.3 is 0 Å². The molecule has 8 bridgehead atoms. The van der Waals surface area contributed by atoms with E-state index in [1.54, 1.807) is 6.20 Å². The molecule has 214 valence electrons. The lowest BCUT2D eigenvalue weighted by molar-refractivity contribution is -0.129. The van der Waals surface area contributed by atoms with Gasteiger partial charge in [0.1, 0.15) is 11.4 Å². The Hall–Kier alpha value is -3.60. The fourth-order valence-electron chi connectivity index (χ4n) is 6.80. The molecule has 3 unspecified atom stereocenters. The van der Waals surface area contributed by atoms with Crippen molar-refractivity contribution in [1.82, 2.24) is 30.1 Å². The molecule has 0 radical (unpaired) electrons. The molecule has 2 saturated heterocycles. The Balaban J connectivity index is 1.19. The molecule has 1 aliphatic carbocycles. The van der Waals surface area contributed by atoms with E-state index in [-0.39, 0.29) is 23.5 Å². The van der Waals surface area contributed by atoms with E-state index in [1.165, 1.54) is 5.56 Å². The molecule has 7 aliphatic rings. The lowest BCUT2D eigenvalue weighted by Gasteiger charge is -2.41. The smallest absolute Gasteiger partial charge is 0.240 e. The summed E-state index contributed by atoms with van der Waals surface area (Å²) in [5.74, 6) is 1.52. The Bertz CT molecular complexity index is 1400. The van der Waals surface area contributed by atoms with Crippen molar-refractivity contribution in [2.45, 2.75) is 56.3 Å². The number of nitrogens with one attached hydrogen (secondary N) is 2. The van der Waals surface area contributed by atoms with E-state index in [9.17, 15) is 9.90 Å². The molecule has 1 spiro atoms. The van der Waals surface area contributed by atoms with Crippen LogP contribution in [-0.2, 0) is 4.79 Å². The van der Waals surface area contributed by atoms with E-state index in [0.717, 1.165) is 68.1 Å². The lowest BCUT2D eigenvalue weighted by atomic mass is 10.0. The first kappa shape index (κ1) is 26.3. The van der Waals surface area contributed by atoms with Gasteiger partial charge in [0.05, 0.1) is 6.10 Å². The van der Waals surface area contributed by atoms with Crippen molar-refractivity contribution in [3.8, 4) is 11.1 Å². The van der Waals surface area contributed by atoms with Crippen LogP contribution in [0.25, 0.3) is 11.1 Å². The zero-order valence-corrected chi connectivity index (χ0v) is 23.5. The molecule has 3 fully saturated rings. The van der Waals surface area contributed by atoms with Gasteiger partial charge in [0.15, 0.2) is 0 Å². The van der Waals surface area contributed by atoms with Gasteiger partial charge in [-0.3, -0.25) is 14.6 Å². The lowest BCUT2D eigenvalue weighted by Crippen LogP contribution is -2.57. The third kappa shape index (κ3) is 5.16. The van der Waals surface area contributed by atoms with Crippen LogP contribution in [0.2, 0.25) is 0 Å². The minimum absolute atomic E-state index is 0.0738. The summed E-state index contributed by atoms with van der Waals surface area (Å²) in [6.07, 6.45) is 8.26. The maximum Gasteiger partial charge on any atom is 0.240 e. The van der Waals surface area contributed by atoms with E-state index in [1.807, 2.05) is 24.5 Å². The molecular weight excluding hydrogens is 516 g/mol. The number of benzene rings is 1. The van der Waals surface area contributed by atoms with Crippen LogP contribution in [0.4, 0.5) is 17.5 Å². The number of piperazine rings is 1. The maximum atomic E-state index is 13.4. The molecule has 1 aromatic carbocycles. The van der Waals surface area contributed by atoms with Crippen LogP contribution in [0.1, 0.15) is 44.2 Å². The SMILES string of the molecule is CC1c2cccc(c2)Nc2cc(ccn2)-c2cnc(nc2)N2CC(O)CC2CCNC(=O)C2(CC2)N2CCN1CC2. The van der Waals surface area contributed by atoms with Crippen LogP contribution < -0.4 is 15.5 Å². The Morgan fingerprint density at radius 2 is 1.80 bits per heavy atom. The Labute approximate surface area is 240 Å². The summed E-state index contributed by atoms with van der Waals surface area (Å²) in [5.41, 5.74) is 3.77. The van der Waals surface area contributed by atoms with Crippen LogP contribution in [-0.4, -0.2) is 92.7 Å². The number of carbonyl (C=O) groups excluding carboxylic acids is 1. The summed E-state index contributed by atoms with van der Waals surface area (Å²) in [6, 6.07) is 12.9. The van der Waals surface area contributed by atoms with Gasteiger partial charge in [-0.05, 0) is 68.0 Å². The monoisotopic (exact) mass is 554 g/mol. The summed E-state index contributed by atoms with van der Waals surface area (Å²) in [6.45, 7) is 6.98. The van der Waals surface area contributed by atoms with Gasteiger partial charge in [-0.1, -0.05) is 12.1 Å². The highest BCUT2D eigenvalue weighted by molar-refractivity contribution is 5.89. The number of anilines is 3. The molecule has 41 heavy (non-hydrogen) atoms. The second kappa shape index (κ2) is 10.7. The highest BCUT2D eigenvalue weighted by Crippen LogP contribution is 2.43. The van der Waals surface area contributed by atoms with Crippen LogP contribution >= 0.6 is 0 Å². The minimum Gasteiger partial charge on any atom is -0.391 e. The largest absolute Gasteiger partial charge is 0.391 e. The summed E-state index contributed by atoms with van der Waals surface area (Å²) in [7, 11) is 0. The minimum atomic E-state index is -0.432. The number of hydrogen-bond donors (Lipinski definition) is 3. The molecule has 8 heterocycles. The molecule has 10 nitrogen and oxygen atoms in total. The number of carbonyl (C=O) groups is 1. The van der Waals surface area contributed by atoms with Crippen LogP contribution in [0.3, 0.4) is 0 Å². The molecule has 3 aromatic rings. The number of amides is 1. The topological polar surface area (TPSA) is 110 Å². The van der Waals surface area contributed by atoms with Crippen LogP contribution in [0, 0.1) is 0 Å². The number of hydrogen-bond acceptors (Lipinski definition) is 9. The molecule has 1 amide bonds. The number of aromatic nitrogens is 3. The summed E-state index contributed by atoms with van der Waals surface area (Å²) in [4.78, 5) is 34.3. The fraction of sp³-hybridized carbons (Fsp3) is 0.484. The quantitative estimate of drug-likeness (QED) is 0.386. The Morgan fingerprint density at radius 1 is 1.00 bits per heavy atom. The van der Waals surface area contributed by atoms with Crippen molar-refractivity contribution in [1.29, 1.82) is 0 Å². The van der Waals surface area contributed by atoms with Crippen molar-refractivity contribution >= 4 is 23.4 Å². The third-order valence-corrected chi connectivity index (χ3v) is 9.40. The Morgan fingerprint density at radius 3 is 2.59 bits per heavy atom. The maximum absolute atomic E-state index is 13.4. The number of nitrogens with zero attached hydrogens (tertiary/aromatic N) is 6. The average molecular weight is 555 g/mol. The van der Waals surface area contributed by atoms with Crippen molar-refractivity contribution < 1.29 is 9.90 Å². The van der Waals surface area contributed by atoms with Crippen molar-refractivity contribution in [3.05, 3.63) is 60.6 Å². The van der Waals surface area contributed by atoms with E-state index < -0.39 is 6.10 Å². The van der Waals surface area contributed by atoms with Gasteiger partial charge in [0.25, 0.3) is 0 Å². The molecule has 10 heteroatoms. The van der Waals surface area contributed by atoms with Gasteiger partial charge in [-0.15, -0.1) is 0 Å². The Kier molecular flexibility index (Phi) is 6.84. The summed E-state index contributed by atoms with van der Waals surface area (Å²) < 4.78 is 0. The number of aliphatic hydroxyl groups is 1. The highest BCUT2D eigenvalue weighted by atomic mass is 16.3. The van der Waals surface area contributed by atoms with E-state index in [4.69, 9.17) is 0 Å². The second-order valence-corrected chi connectivity index (χ2v) is 11.9. The van der Waals surface area contributed by atoms with Gasteiger partial charge in [-0.25, -0.2) is 15.0 Å². The molecule has 3 atom stereocenters. The fourth-order valence-corrected chi connectivity index (χ4v) is 6.80. The summed E-state index contributed by atoms with van der Waals surface area (Å²) in [5, 5.41) is 17.2. The van der Waals surface area contributed by atoms with E-state index in [2.05, 4.69) is 71.5 Å². The molecule has 3 N–H and O–H groups in total. The van der Waals surface area contributed by atoms with Crippen molar-refractivity contribution in [2.24, 2.45) is 0 Å². The number of rotatable bonds is 0. The first-order valence-corrected chi connectivity index (χ1v) is 14.9. The average Bonchev–Trinajstić information content (AvgIpc) is 3.73. The predicted octanol–water partition coefficient (Wildman–Crippen LogP) is 2.95. The zero-order valence-electron chi connectivity index (χ0n) is 23.5. The van der Waals surface area contributed by atoms with Gasteiger partial charge in [-0.2, -0.15) is 0 Å². The van der Waals surface area contributed by atoms with Crippen LogP contribution in [0.15, 0.2) is 55.0 Å². The summed E-state index contributed by atoms with van der Waals surface area (Å²) >= 11 is 0. The second-order valence-electron chi connectivity index (χ2n) is 11.9. The van der Waals surface area contributed by atoms with Gasteiger partial charge < -0.3 is 20.6 Å². The highest BCUT2D eigenvalue weighted by Gasteiger charge is 2.54. The molecule has 6 aliphatic heterocycles. The molecular formula is C31H38N8O2. The standard InChI is InChI=1S/C31H38N8O2/c1-21-22-3-2-4-25(15-22)36-28-16-23(5-9-32-28)24-18-34-30(35-19-24)39-20-27(40)17-26(39)6-10-33-29(41)31(7-8-31)38-13-11-37(21)12-14-38/h2-5,9,15-16,18-19,21,26-27,40H,6-8,10-14,17,20H2,1H3,(H,32,36)(H,33,41). The van der Waals surface area contributed by atoms with E-state index in [0.29, 0.717) is 25.5 Å². The molecule has 10 rings (SSSR count). The van der Waals surface area contributed by atoms with Crippen molar-refractivity contribution in [3.63, 3.8) is 0 Å². The van der Waals surface area contributed by atoms with Crippen LogP contribution in [0.5, 0.6) is 0 Å². The molecule has 1 saturated carbocycles. The predicted molar refractivity (Wildman–Crippen MR) is 158 cm³/mol. The number of aliphatic hydroxyl groups excluding tert-OH is 1. The third-order valence-electron chi connectivity index (χ3n) is 9.40. The zero-order chi connectivity index (χ0) is 28.0. The first-order chi connectivity index (χ1) is 20.0. The first-order valence-electron chi connectivity index (χ1n) is 14.9. The van der Waals surface area contributed by atoms with E-state index >= 15 is 0 Å². The number of pyridine rings is 1. The van der Waals surface area contributed by atoms with Gasteiger partial charge in [0.2, 0.25) is 11.9 Å².